The number of halogens is 3. The highest BCUT2D eigenvalue weighted by atomic mass is 35.5. The molecule has 0 unspecified atom stereocenters. The quantitative estimate of drug-likeness (QED) is 0.823. The zero-order valence-corrected chi connectivity index (χ0v) is 12.7. The maximum Gasteiger partial charge on any atom is 0.233 e. The first-order chi connectivity index (χ1) is 10.4. The van der Waals surface area contributed by atoms with E-state index in [1.165, 1.54) is 12.1 Å². The SMILES string of the molecule is O=C(CC(=O)Nc1ccc(F)c(Cl)c1)Nc1cccc(Cl)c1. The van der Waals surface area contributed by atoms with Crippen LogP contribution < -0.4 is 10.6 Å². The lowest BCUT2D eigenvalue weighted by atomic mass is 10.2. The van der Waals surface area contributed by atoms with E-state index in [-0.39, 0.29) is 11.4 Å². The minimum Gasteiger partial charge on any atom is -0.326 e. The molecule has 0 aliphatic heterocycles. The molecule has 2 aromatic rings. The summed E-state index contributed by atoms with van der Waals surface area (Å²) >= 11 is 11.4. The lowest BCUT2D eigenvalue weighted by Crippen LogP contribution is -2.21. The Bertz CT molecular complexity index is 722. The van der Waals surface area contributed by atoms with Crippen LogP contribution in [0.2, 0.25) is 10.0 Å². The lowest BCUT2D eigenvalue weighted by molar-refractivity contribution is -0.123. The maximum absolute atomic E-state index is 13.0. The van der Waals surface area contributed by atoms with E-state index < -0.39 is 17.6 Å². The third-order valence-corrected chi connectivity index (χ3v) is 3.16. The van der Waals surface area contributed by atoms with Gasteiger partial charge in [0.15, 0.2) is 0 Å². The van der Waals surface area contributed by atoms with Gasteiger partial charge in [-0.2, -0.15) is 0 Å². The van der Waals surface area contributed by atoms with E-state index in [0.29, 0.717) is 16.4 Å². The Labute approximate surface area is 136 Å². The summed E-state index contributed by atoms with van der Waals surface area (Å²) in [6.07, 6.45) is -0.387. The van der Waals surface area contributed by atoms with Crippen molar-refractivity contribution in [1.82, 2.24) is 0 Å². The number of hydrogen-bond acceptors (Lipinski definition) is 2. The molecule has 0 heterocycles. The van der Waals surface area contributed by atoms with Crippen LogP contribution in [0.5, 0.6) is 0 Å². The zero-order valence-electron chi connectivity index (χ0n) is 11.2. The Morgan fingerprint density at radius 3 is 2.18 bits per heavy atom. The molecular formula is C15H11Cl2FN2O2. The normalized spacial score (nSPS) is 10.1. The fourth-order valence-electron chi connectivity index (χ4n) is 1.70. The number of nitrogens with one attached hydrogen (secondary N) is 2. The molecule has 0 aliphatic carbocycles. The molecule has 4 nitrogen and oxygen atoms in total. The van der Waals surface area contributed by atoms with E-state index in [1.54, 1.807) is 24.3 Å². The number of benzene rings is 2. The second kappa shape index (κ2) is 7.24. The summed E-state index contributed by atoms with van der Waals surface area (Å²) in [5.74, 6) is -1.62. The molecule has 2 N–H and O–H groups in total. The van der Waals surface area contributed by atoms with Gasteiger partial charge in [-0.1, -0.05) is 29.3 Å². The van der Waals surface area contributed by atoms with Gasteiger partial charge in [-0.05, 0) is 36.4 Å². The fraction of sp³-hybridized carbons (Fsp3) is 0.0667. The van der Waals surface area contributed by atoms with Crippen LogP contribution in [0.25, 0.3) is 0 Å². The summed E-state index contributed by atoms with van der Waals surface area (Å²) < 4.78 is 13.0. The summed E-state index contributed by atoms with van der Waals surface area (Å²) in [5.41, 5.74) is 0.807. The second-order valence-electron chi connectivity index (χ2n) is 4.41. The van der Waals surface area contributed by atoms with Crippen molar-refractivity contribution in [2.45, 2.75) is 6.42 Å². The average Bonchev–Trinajstić information content (AvgIpc) is 2.42. The molecule has 0 aromatic heterocycles. The van der Waals surface area contributed by atoms with Crippen LogP contribution in [0.4, 0.5) is 15.8 Å². The van der Waals surface area contributed by atoms with Crippen LogP contribution in [0.3, 0.4) is 0 Å². The molecule has 0 fully saturated rings. The number of rotatable bonds is 4. The van der Waals surface area contributed by atoms with Gasteiger partial charge in [-0.3, -0.25) is 9.59 Å². The van der Waals surface area contributed by atoms with Gasteiger partial charge in [0.1, 0.15) is 12.2 Å². The van der Waals surface area contributed by atoms with Crippen LogP contribution in [0.15, 0.2) is 42.5 Å². The first-order valence-corrected chi connectivity index (χ1v) is 7.00. The Morgan fingerprint density at radius 2 is 1.59 bits per heavy atom. The largest absolute Gasteiger partial charge is 0.326 e. The zero-order chi connectivity index (χ0) is 16.1. The molecule has 0 aliphatic rings. The van der Waals surface area contributed by atoms with Gasteiger partial charge in [0, 0.05) is 16.4 Å². The maximum atomic E-state index is 13.0. The molecule has 0 atom stereocenters. The molecule has 0 saturated heterocycles. The third kappa shape index (κ3) is 4.72. The molecule has 0 saturated carbocycles. The van der Waals surface area contributed by atoms with Crippen LogP contribution in [0, 0.1) is 5.82 Å². The molecule has 0 radical (unpaired) electrons. The monoisotopic (exact) mass is 340 g/mol. The molecule has 2 aromatic carbocycles. The fourth-order valence-corrected chi connectivity index (χ4v) is 2.07. The van der Waals surface area contributed by atoms with Crippen molar-refractivity contribution in [1.29, 1.82) is 0 Å². The van der Waals surface area contributed by atoms with E-state index in [1.807, 2.05) is 0 Å². The Kier molecular flexibility index (Phi) is 5.35. The van der Waals surface area contributed by atoms with Gasteiger partial charge in [-0.25, -0.2) is 4.39 Å². The molecule has 7 heteroatoms. The van der Waals surface area contributed by atoms with Crippen molar-refractivity contribution in [3.8, 4) is 0 Å². The first-order valence-electron chi connectivity index (χ1n) is 6.24. The van der Waals surface area contributed by atoms with E-state index in [4.69, 9.17) is 23.2 Å². The molecule has 114 valence electrons. The summed E-state index contributed by atoms with van der Waals surface area (Å²) in [5, 5.41) is 5.38. The van der Waals surface area contributed by atoms with E-state index in [9.17, 15) is 14.0 Å². The number of amides is 2. The standard InChI is InChI=1S/C15H11Cl2FN2O2/c16-9-2-1-3-10(6-9)19-14(21)8-15(22)20-11-4-5-13(18)12(17)7-11/h1-7H,8H2,(H,19,21)(H,20,22). The van der Waals surface area contributed by atoms with Crippen molar-refractivity contribution in [3.05, 3.63) is 58.3 Å². The minimum absolute atomic E-state index is 0.110. The van der Waals surface area contributed by atoms with E-state index >= 15 is 0 Å². The van der Waals surface area contributed by atoms with Crippen LogP contribution in [-0.4, -0.2) is 11.8 Å². The summed E-state index contributed by atoms with van der Waals surface area (Å²) in [6.45, 7) is 0. The van der Waals surface area contributed by atoms with Gasteiger partial charge in [0.05, 0.1) is 5.02 Å². The highest BCUT2D eigenvalue weighted by molar-refractivity contribution is 6.31. The highest BCUT2D eigenvalue weighted by Gasteiger charge is 2.11. The predicted molar refractivity (Wildman–Crippen MR) is 84.7 cm³/mol. The number of hydrogen-bond donors (Lipinski definition) is 2. The minimum atomic E-state index is -0.585. The average molecular weight is 341 g/mol. The van der Waals surface area contributed by atoms with Crippen molar-refractivity contribution in [2.75, 3.05) is 10.6 Å². The molecule has 0 spiro atoms. The first kappa shape index (κ1) is 16.3. The molecule has 2 rings (SSSR count). The predicted octanol–water partition coefficient (Wildman–Crippen LogP) is 4.10. The number of carbonyl (C=O) groups is 2. The number of carbonyl (C=O) groups excluding carboxylic acids is 2. The van der Waals surface area contributed by atoms with E-state index in [0.717, 1.165) is 6.07 Å². The number of anilines is 2. The van der Waals surface area contributed by atoms with Crippen LogP contribution in [0.1, 0.15) is 6.42 Å². The van der Waals surface area contributed by atoms with Crippen molar-refractivity contribution < 1.29 is 14.0 Å². The molecular weight excluding hydrogens is 330 g/mol. The van der Waals surface area contributed by atoms with Crippen molar-refractivity contribution in [2.24, 2.45) is 0 Å². The van der Waals surface area contributed by atoms with E-state index in [2.05, 4.69) is 10.6 Å². The van der Waals surface area contributed by atoms with Crippen molar-refractivity contribution >= 4 is 46.4 Å². The van der Waals surface area contributed by atoms with Gasteiger partial charge in [0.25, 0.3) is 0 Å². The Balaban J connectivity index is 1.91. The van der Waals surface area contributed by atoms with Crippen molar-refractivity contribution in [3.63, 3.8) is 0 Å². The highest BCUT2D eigenvalue weighted by Crippen LogP contribution is 2.19. The summed E-state index contributed by atoms with van der Waals surface area (Å²) in [7, 11) is 0. The van der Waals surface area contributed by atoms with Gasteiger partial charge in [0.2, 0.25) is 11.8 Å². The molecule has 2 amide bonds. The summed E-state index contributed by atoms with van der Waals surface area (Å²) in [6, 6.07) is 10.3. The van der Waals surface area contributed by atoms with Gasteiger partial charge >= 0.3 is 0 Å². The van der Waals surface area contributed by atoms with Gasteiger partial charge < -0.3 is 10.6 Å². The topological polar surface area (TPSA) is 58.2 Å². The Hall–Kier alpha value is -2.11. The van der Waals surface area contributed by atoms with Crippen LogP contribution >= 0.6 is 23.2 Å². The van der Waals surface area contributed by atoms with Gasteiger partial charge in [-0.15, -0.1) is 0 Å². The second-order valence-corrected chi connectivity index (χ2v) is 5.26. The third-order valence-electron chi connectivity index (χ3n) is 2.63. The Morgan fingerprint density at radius 1 is 0.955 bits per heavy atom. The van der Waals surface area contributed by atoms with Crippen LogP contribution in [-0.2, 0) is 9.59 Å². The smallest absolute Gasteiger partial charge is 0.233 e. The lowest BCUT2D eigenvalue weighted by Gasteiger charge is -2.07. The molecule has 0 bridgehead atoms. The summed E-state index contributed by atoms with van der Waals surface area (Å²) in [4.78, 5) is 23.5. The molecule has 22 heavy (non-hydrogen) atoms.